The third-order valence-electron chi connectivity index (χ3n) is 5.17. The van der Waals surface area contributed by atoms with E-state index in [0.29, 0.717) is 11.1 Å². The maximum absolute atomic E-state index is 12.8. The molecular weight excluding hydrogens is 424 g/mol. The molecular formula is C20H22N4O4S2. The van der Waals surface area contributed by atoms with E-state index in [2.05, 4.69) is 21.4 Å². The largest absolute Gasteiger partial charge is 0.420 e. The predicted octanol–water partition coefficient (Wildman–Crippen LogP) is 2.92. The zero-order chi connectivity index (χ0) is 21.5. The summed E-state index contributed by atoms with van der Waals surface area (Å²) >= 11 is 1.14. The van der Waals surface area contributed by atoms with Gasteiger partial charge >= 0.3 is 5.76 Å². The minimum atomic E-state index is -3.85. The second-order valence-corrected chi connectivity index (χ2v) is 9.64. The van der Waals surface area contributed by atoms with Gasteiger partial charge in [-0.3, -0.25) is 4.57 Å². The van der Waals surface area contributed by atoms with E-state index in [0.717, 1.165) is 29.5 Å². The molecule has 0 radical (unpaired) electrons. The average Bonchev–Trinajstić information content (AvgIpc) is 3.32. The van der Waals surface area contributed by atoms with Gasteiger partial charge in [-0.1, -0.05) is 31.2 Å². The molecule has 2 heterocycles. The van der Waals surface area contributed by atoms with E-state index in [4.69, 9.17) is 4.42 Å². The van der Waals surface area contributed by atoms with Crippen molar-refractivity contribution in [2.75, 3.05) is 0 Å². The van der Waals surface area contributed by atoms with Crippen LogP contribution >= 0.6 is 11.9 Å². The fourth-order valence-electron chi connectivity index (χ4n) is 3.70. The highest BCUT2D eigenvalue weighted by atomic mass is 32.2. The fourth-order valence-corrected chi connectivity index (χ4v) is 5.84. The molecule has 0 saturated heterocycles. The standard InChI is InChI=1S/C20H22N4O4S2/c1-4-14-7-5-6-8-15(14)13(3)24-16-9-12(2)18(10-17(16)28-20(24)25)30(26,27)23-19-21-11-22-29-19/h5-11,13,19,23H,4H2,1-3H3,(H,21,22)/t13-,19?/m1/s1. The SMILES string of the molecule is CCc1ccccc1[C@@H](C)n1c(=O)oc2cc(S(=O)(=O)NC3N=CNS3)c(C)cc21. The van der Waals surface area contributed by atoms with E-state index in [9.17, 15) is 13.2 Å². The number of oxazole rings is 1. The zero-order valence-electron chi connectivity index (χ0n) is 16.7. The summed E-state index contributed by atoms with van der Waals surface area (Å²) in [6.45, 7) is 5.71. The Kier molecular flexibility index (Phi) is 5.48. The molecule has 4 rings (SSSR count). The number of nitrogens with zero attached hydrogens (tertiary/aromatic N) is 2. The predicted molar refractivity (Wildman–Crippen MR) is 118 cm³/mol. The molecule has 2 atom stereocenters. The van der Waals surface area contributed by atoms with Crippen LogP contribution in [0.2, 0.25) is 0 Å². The highest BCUT2D eigenvalue weighted by Crippen LogP contribution is 2.29. The van der Waals surface area contributed by atoms with Gasteiger partial charge in [0.25, 0.3) is 0 Å². The number of aliphatic imine (C=N–C) groups is 1. The molecule has 1 aliphatic rings. The Balaban J connectivity index is 1.79. The Bertz CT molecular complexity index is 1290. The van der Waals surface area contributed by atoms with E-state index in [1.165, 1.54) is 12.4 Å². The van der Waals surface area contributed by atoms with Gasteiger partial charge in [-0.25, -0.2) is 18.2 Å². The number of sulfonamides is 1. The van der Waals surface area contributed by atoms with Crippen molar-refractivity contribution in [3.63, 3.8) is 0 Å². The van der Waals surface area contributed by atoms with Gasteiger partial charge in [0.1, 0.15) is 0 Å². The lowest BCUT2D eigenvalue weighted by Crippen LogP contribution is -2.31. The monoisotopic (exact) mass is 446 g/mol. The summed E-state index contributed by atoms with van der Waals surface area (Å²) in [5, 5.41) is 0. The summed E-state index contributed by atoms with van der Waals surface area (Å²) in [5.41, 5.74) is 2.84. The molecule has 2 N–H and O–H groups in total. The lowest BCUT2D eigenvalue weighted by Gasteiger charge is -2.17. The molecule has 10 heteroatoms. The van der Waals surface area contributed by atoms with Crippen molar-refractivity contribution >= 4 is 39.4 Å². The molecule has 3 aromatic rings. The maximum Gasteiger partial charge on any atom is 0.420 e. The van der Waals surface area contributed by atoms with Crippen LogP contribution < -0.4 is 15.2 Å². The van der Waals surface area contributed by atoms with Crippen molar-refractivity contribution in [1.82, 2.24) is 14.0 Å². The summed E-state index contributed by atoms with van der Waals surface area (Å²) < 4.78 is 38.0. The smallest absolute Gasteiger partial charge is 0.408 e. The Hall–Kier alpha value is -2.56. The molecule has 8 nitrogen and oxygen atoms in total. The van der Waals surface area contributed by atoms with Gasteiger partial charge in [0, 0.05) is 6.07 Å². The number of rotatable bonds is 6. The molecule has 0 saturated carbocycles. The van der Waals surface area contributed by atoms with Gasteiger partial charge in [-0.2, -0.15) is 4.72 Å². The first kappa shape index (κ1) is 20.7. The number of fused-ring (bicyclic) bond motifs is 1. The van der Waals surface area contributed by atoms with Gasteiger partial charge in [0.2, 0.25) is 10.0 Å². The average molecular weight is 447 g/mol. The van der Waals surface area contributed by atoms with E-state index in [1.807, 2.05) is 31.2 Å². The van der Waals surface area contributed by atoms with Crippen molar-refractivity contribution in [2.45, 2.75) is 43.6 Å². The van der Waals surface area contributed by atoms with Crippen LogP contribution in [0.5, 0.6) is 0 Å². The second-order valence-electron chi connectivity index (χ2n) is 7.04. The molecule has 0 spiro atoms. The van der Waals surface area contributed by atoms with E-state index >= 15 is 0 Å². The summed E-state index contributed by atoms with van der Waals surface area (Å²) in [5.74, 6) is -0.523. The van der Waals surface area contributed by atoms with Gasteiger partial charge in [-0.05, 0) is 55.0 Å². The normalized spacial score (nSPS) is 17.4. The first-order valence-electron chi connectivity index (χ1n) is 9.50. The topological polar surface area (TPSA) is 106 Å². The van der Waals surface area contributed by atoms with Gasteiger partial charge in [0.05, 0.1) is 22.8 Å². The van der Waals surface area contributed by atoms with Crippen molar-refractivity contribution in [2.24, 2.45) is 4.99 Å². The number of benzene rings is 2. The van der Waals surface area contributed by atoms with E-state index < -0.39 is 21.3 Å². The molecule has 0 amide bonds. The summed E-state index contributed by atoms with van der Waals surface area (Å²) in [7, 11) is -3.85. The molecule has 0 bridgehead atoms. The highest BCUT2D eigenvalue weighted by molar-refractivity contribution is 7.99. The molecule has 158 valence electrons. The Morgan fingerprint density at radius 1 is 1.33 bits per heavy atom. The molecule has 0 aliphatic carbocycles. The number of aryl methyl sites for hydroxylation is 2. The number of aromatic nitrogens is 1. The van der Waals surface area contributed by atoms with Crippen LogP contribution in [0.15, 0.2) is 55.5 Å². The van der Waals surface area contributed by atoms with Crippen LogP contribution in [-0.4, -0.2) is 24.8 Å². The number of nitrogens with one attached hydrogen (secondary N) is 2. The van der Waals surface area contributed by atoms with Crippen molar-refractivity contribution in [1.29, 1.82) is 0 Å². The van der Waals surface area contributed by atoms with Gasteiger partial charge in [0.15, 0.2) is 11.1 Å². The lowest BCUT2D eigenvalue weighted by atomic mass is 9.99. The molecule has 0 fully saturated rings. The summed E-state index contributed by atoms with van der Waals surface area (Å²) in [6.07, 6.45) is 2.28. The van der Waals surface area contributed by atoms with Crippen molar-refractivity contribution < 1.29 is 12.8 Å². The molecule has 1 aromatic heterocycles. The third kappa shape index (κ3) is 3.66. The zero-order valence-corrected chi connectivity index (χ0v) is 18.4. The van der Waals surface area contributed by atoms with Gasteiger partial charge in [-0.15, -0.1) is 0 Å². The minimum absolute atomic E-state index is 0.0558. The van der Waals surface area contributed by atoms with Gasteiger partial charge < -0.3 is 9.14 Å². The third-order valence-corrected chi connectivity index (χ3v) is 7.58. The number of hydrogen-bond donors (Lipinski definition) is 2. The van der Waals surface area contributed by atoms with Crippen molar-refractivity contribution in [3.05, 3.63) is 63.6 Å². The first-order valence-corrected chi connectivity index (χ1v) is 11.9. The van der Waals surface area contributed by atoms with Crippen LogP contribution in [0.25, 0.3) is 11.1 Å². The Morgan fingerprint density at radius 3 is 2.80 bits per heavy atom. The molecule has 1 aliphatic heterocycles. The van der Waals surface area contributed by atoms with E-state index in [-0.39, 0.29) is 16.5 Å². The fraction of sp³-hybridized carbons (Fsp3) is 0.300. The van der Waals surface area contributed by atoms with Crippen LogP contribution in [0.4, 0.5) is 0 Å². The first-order chi connectivity index (χ1) is 14.3. The Morgan fingerprint density at radius 2 is 2.10 bits per heavy atom. The number of hydrogen-bond acceptors (Lipinski definition) is 7. The molecule has 2 aromatic carbocycles. The van der Waals surface area contributed by atoms with Crippen LogP contribution in [0, 0.1) is 6.92 Å². The highest BCUT2D eigenvalue weighted by Gasteiger charge is 2.26. The maximum atomic E-state index is 12.8. The lowest BCUT2D eigenvalue weighted by molar-refractivity contribution is 0.488. The molecule has 1 unspecified atom stereocenters. The van der Waals surface area contributed by atoms with Crippen LogP contribution in [0.1, 0.15) is 36.6 Å². The molecule has 30 heavy (non-hydrogen) atoms. The van der Waals surface area contributed by atoms with Crippen LogP contribution in [-0.2, 0) is 16.4 Å². The second kappa shape index (κ2) is 7.93. The van der Waals surface area contributed by atoms with Crippen LogP contribution in [0.3, 0.4) is 0 Å². The van der Waals surface area contributed by atoms with Crippen molar-refractivity contribution in [3.8, 4) is 0 Å². The minimum Gasteiger partial charge on any atom is -0.408 e. The summed E-state index contributed by atoms with van der Waals surface area (Å²) in [4.78, 5) is 16.7. The quantitative estimate of drug-likeness (QED) is 0.564. The van der Waals surface area contributed by atoms with E-state index in [1.54, 1.807) is 17.6 Å². The summed E-state index contributed by atoms with van der Waals surface area (Å²) in [6, 6.07) is 10.8. The Labute approximate surface area is 178 Å².